The number of pyridine rings is 1. The SMILES string of the molecule is CC(C)C[C@H](Nc1cscc1-c1ccncc1)C(=O)NCC#N. The first kappa shape index (κ1) is 17.0. The quantitative estimate of drug-likeness (QED) is 0.765. The van der Waals surface area contributed by atoms with Crippen LogP contribution >= 0.6 is 11.3 Å². The third-order valence-electron chi connectivity index (χ3n) is 3.35. The molecule has 0 aliphatic heterocycles. The van der Waals surface area contributed by atoms with E-state index in [0.717, 1.165) is 16.8 Å². The molecule has 1 amide bonds. The summed E-state index contributed by atoms with van der Waals surface area (Å²) in [6.45, 7) is 4.17. The van der Waals surface area contributed by atoms with Gasteiger partial charge in [-0.2, -0.15) is 5.26 Å². The molecular weight excluding hydrogens is 308 g/mol. The molecule has 0 saturated heterocycles. The number of nitrogens with zero attached hydrogens (tertiary/aromatic N) is 2. The summed E-state index contributed by atoms with van der Waals surface area (Å²) in [4.78, 5) is 16.3. The van der Waals surface area contributed by atoms with Gasteiger partial charge in [-0.3, -0.25) is 9.78 Å². The first-order valence-electron chi connectivity index (χ1n) is 7.49. The molecule has 23 heavy (non-hydrogen) atoms. The minimum Gasteiger partial charge on any atom is -0.372 e. The molecule has 0 saturated carbocycles. The minimum absolute atomic E-state index is 0.0238. The average Bonchev–Trinajstić information content (AvgIpc) is 3.00. The lowest BCUT2D eigenvalue weighted by Crippen LogP contribution is -2.40. The molecule has 0 aromatic carbocycles. The number of hydrogen-bond donors (Lipinski definition) is 2. The maximum absolute atomic E-state index is 12.3. The van der Waals surface area contributed by atoms with Crippen molar-refractivity contribution in [2.24, 2.45) is 5.92 Å². The van der Waals surface area contributed by atoms with Gasteiger partial charge in [0.25, 0.3) is 0 Å². The molecule has 5 nitrogen and oxygen atoms in total. The maximum atomic E-state index is 12.3. The predicted molar refractivity (Wildman–Crippen MR) is 93.0 cm³/mol. The fraction of sp³-hybridized carbons (Fsp3) is 0.353. The number of anilines is 1. The minimum atomic E-state index is -0.362. The van der Waals surface area contributed by atoms with E-state index in [1.54, 1.807) is 23.7 Å². The number of nitrogens with one attached hydrogen (secondary N) is 2. The van der Waals surface area contributed by atoms with Gasteiger partial charge in [-0.15, -0.1) is 11.3 Å². The van der Waals surface area contributed by atoms with Crippen molar-refractivity contribution in [2.75, 3.05) is 11.9 Å². The Kier molecular flexibility index (Phi) is 6.12. The number of carbonyl (C=O) groups excluding carboxylic acids is 1. The second-order valence-corrected chi connectivity index (χ2v) is 6.38. The molecule has 0 bridgehead atoms. The standard InChI is InChI=1S/C17H20N4OS/c1-12(2)9-15(17(22)20-8-5-18)21-16-11-23-10-14(16)13-3-6-19-7-4-13/h3-4,6-7,10-12,15,21H,8-9H2,1-2H3,(H,20,22)/t15-/m0/s1. The molecule has 2 heterocycles. The van der Waals surface area contributed by atoms with Gasteiger partial charge in [0.15, 0.2) is 0 Å². The van der Waals surface area contributed by atoms with Crippen molar-refractivity contribution in [1.82, 2.24) is 10.3 Å². The fourth-order valence-electron chi connectivity index (χ4n) is 2.30. The molecular formula is C17H20N4OS. The zero-order valence-electron chi connectivity index (χ0n) is 13.2. The molecule has 0 fully saturated rings. The molecule has 2 aromatic heterocycles. The summed E-state index contributed by atoms with van der Waals surface area (Å²) < 4.78 is 0. The Bertz CT molecular complexity index is 675. The molecule has 0 unspecified atom stereocenters. The zero-order valence-corrected chi connectivity index (χ0v) is 14.1. The zero-order chi connectivity index (χ0) is 16.7. The Morgan fingerprint density at radius 2 is 2.09 bits per heavy atom. The van der Waals surface area contributed by atoms with E-state index in [1.807, 2.05) is 23.6 Å². The first-order chi connectivity index (χ1) is 11.1. The molecule has 120 valence electrons. The number of nitriles is 1. The largest absolute Gasteiger partial charge is 0.372 e. The van der Waals surface area contributed by atoms with Crippen molar-refractivity contribution in [1.29, 1.82) is 5.26 Å². The monoisotopic (exact) mass is 328 g/mol. The number of rotatable bonds is 7. The van der Waals surface area contributed by atoms with Crippen LogP contribution in [0, 0.1) is 17.2 Å². The summed E-state index contributed by atoms with van der Waals surface area (Å²) in [5.41, 5.74) is 3.04. The highest BCUT2D eigenvalue weighted by Crippen LogP contribution is 2.32. The molecule has 0 radical (unpaired) electrons. The molecule has 0 spiro atoms. The van der Waals surface area contributed by atoms with Crippen molar-refractivity contribution < 1.29 is 4.79 Å². The number of aromatic nitrogens is 1. The average molecular weight is 328 g/mol. The molecule has 0 aliphatic rings. The normalized spacial score (nSPS) is 11.7. The Morgan fingerprint density at radius 1 is 1.35 bits per heavy atom. The molecule has 2 aromatic rings. The molecule has 0 aliphatic carbocycles. The summed E-state index contributed by atoms with van der Waals surface area (Å²) in [7, 11) is 0. The molecule has 6 heteroatoms. The number of carbonyl (C=O) groups is 1. The summed E-state index contributed by atoms with van der Waals surface area (Å²) in [5.74, 6) is 0.218. The van der Waals surface area contributed by atoms with Gasteiger partial charge >= 0.3 is 0 Å². The van der Waals surface area contributed by atoms with E-state index in [-0.39, 0.29) is 18.5 Å². The van der Waals surface area contributed by atoms with Crippen molar-refractivity contribution in [3.8, 4) is 17.2 Å². The smallest absolute Gasteiger partial charge is 0.243 e. The Balaban J connectivity index is 2.19. The second-order valence-electron chi connectivity index (χ2n) is 5.64. The van der Waals surface area contributed by atoms with E-state index in [1.165, 1.54) is 0 Å². The summed E-state index contributed by atoms with van der Waals surface area (Å²) in [6, 6.07) is 5.47. The summed E-state index contributed by atoms with van der Waals surface area (Å²) in [6.07, 6.45) is 4.20. The van der Waals surface area contributed by atoms with Crippen LogP contribution in [0.1, 0.15) is 20.3 Å². The summed E-state index contributed by atoms with van der Waals surface area (Å²) in [5, 5.41) is 18.7. The van der Waals surface area contributed by atoms with Crippen molar-refractivity contribution in [2.45, 2.75) is 26.3 Å². The highest BCUT2D eigenvalue weighted by molar-refractivity contribution is 7.08. The third-order valence-corrected chi connectivity index (χ3v) is 4.09. The molecule has 2 rings (SSSR count). The van der Waals surface area contributed by atoms with Gasteiger partial charge in [-0.05, 0) is 30.0 Å². The first-order valence-corrected chi connectivity index (χ1v) is 8.44. The highest BCUT2D eigenvalue weighted by Gasteiger charge is 2.21. The number of hydrogen-bond acceptors (Lipinski definition) is 5. The maximum Gasteiger partial charge on any atom is 0.243 e. The van der Waals surface area contributed by atoms with E-state index in [9.17, 15) is 4.79 Å². The van der Waals surface area contributed by atoms with E-state index in [2.05, 4.69) is 34.8 Å². The van der Waals surface area contributed by atoms with Gasteiger partial charge in [0.2, 0.25) is 5.91 Å². The van der Waals surface area contributed by atoms with Crippen molar-refractivity contribution in [3.05, 3.63) is 35.3 Å². The lowest BCUT2D eigenvalue weighted by molar-refractivity contribution is -0.121. The number of amides is 1. The topological polar surface area (TPSA) is 77.8 Å². The van der Waals surface area contributed by atoms with Gasteiger partial charge in [0, 0.05) is 28.7 Å². The lowest BCUT2D eigenvalue weighted by atomic mass is 10.0. The van der Waals surface area contributed by atoms with Crippen LogP contribution in [0.3, 0.4) is 0 Å². The van der Waals surface area contributed by atoms with E-state index in [0.29, 0.717) is 12.3 Å². The van der Waals surface area contributed by atoms with Crippen LogP contribution in [-0.2, 0) is 4.79 Å². The van der Waals surface area contributed by atoms with Gasteiger partial charge < -0.3 is 10.6 Å². The van der Waals surface area contributed by atoms with Crippen LogP contribution in [0.4, 0.5) is 5.69 Å². The Hall–Kier alpha value is -2.39. The van der Waals surface area contributed by atoms with Gasteiger partial charge in [0.1, 0.15) is 12.6 Å². The lowest BCUT2D eigenvalue weighted by Gasteiger charge is -2.21. The molecule has 1 atom stereocenters. The van der Waals surface area contributed by atoms with Crippen LogP contribution in [0.5, 0.6) is 0 Å². The van der Waals surface area contributed by atoms with Gasteiger partial charge in [-0.1, -0.05) is 13.8 Å². The van der Waals surface area contributed by atoms with Crippen LogP contribution in [-0.4, -0.2) is 23.5 Å². The Morgan fingerprint density at radius 3 is 2.74 bits per heavy atom. The third kappa shape index (κ3) is 4.80. The van der Waals surface area contributed by atoms with E-state index < -0.39 is 0 Å². The predicted octanol–water partition coefficient (Wildman–Crippen LogP) is 3.28. The fourth-order valence-corrected chi connectivity index (χ4v) is 3.10. The Labute approximate surface area is 140 Å². The van der Waals surface area contributed by atoms with Crippen LogP contribution in [0.15, 0.2) is 35.3 Å². The summed E-state index contributed by atoms with van der Waals surface area (Å²) >= 11 is 1.58. The van der Waals surface area contributed by atoms with Crippen molar-refractivity contribution >= 4 is 22.9 Å². The highest BCUT2D eigenvalue weighted by atomic mass is 32.1. The second kappa shape index (κ2) is 8.30. The van der Waals surface area contributed by atoms with Crippen LogP contribution in [0.25, 0.3) is 11.1 Å². The van der Waals surface area contributed by atoms with Crippen molar-refractivity contribution in [3.63, 3.8) is 0 Å². The van der Waals surface area contributed by atoms with Crippen LogP contribution in [0.2, 0.25) is 0 Å². The number of thiophene rings is 1. The van der Waals surface area contributed by atoms with Gasteiger partial charge in [-0.25, -0.2) is 0 Å². The molecule has 2 N–H and O–H groups in total. The van der Waals surface area contributed by atoms with E-state index >= 15 is 0 Å². The van der Waals surface area contributed by atoms with E-state index in [4.69, 9.17) is 5.26 Å². The van der Waals surface area contributed by atoms with Gasteiger partial charge in [0.05, 0.1) is 11.8 Å². The van der Waals surface area contributed by atoms with Crippen LogP contribution < -0.4 is 10.6 Å².